The van der Waals surface area contributed by atoms with Gasteiger partial charge in [0, 0.05) is 39.1 Å². The summed E-state index contributed by atoms with van der Waals surface area (Å²) >= 11 is 0. The van der Waals surface area contributed by atoms with E-state index in [0.717, 1.165) is 51.3 Å². The molecule has 1 aliphatic heterocycles. The molecule has 1 aliphatic rings. The molecule has 22 heavy (non-hydrogen) atoms. The van der Waals surface area contributed by atoms with Gasteiger partial charge in [-0.05, 0) is 37.1 Å². The van der Waals surface area contributed by atoms with E-state index < -0.39 is 0 Å². The average molecular weight is 305 g/mol. The van der Waals surface area contributed by atoms with Gasteiger partial charge in [-0.3, -0.25) is 4.79 Å². The number of ether oxygens (including phenoxy) is 1. The molecule has 0 aliphatic carbocycles. The van der Waals surface area contributed by atoms with Gasteiger partial charge in [-0.25, -0.2) is 0 Å². The van der Waals surface area contributed by atoms with Crippen LogP contribution < -0.4 is 10.5 Å². The third kappa shape index (κ3) is 5.00. The molecule has 0 saturated carbocycles. The number of carbonyl (C=O) groups excluding carboxylic acids is 1. The SMILES string of the molecule is COc1ccc(CCC(=O)N2CCCN(CCN)CC2)cc1. The van der Waals surface area contributed by atoms with Crippen LogP contribution in [0, 0.1) is 0 Å². The van der Waals surface area contributed by atoms with Gasteiger partial charge in [0.1, 0.15) is 5.75 Å². The van der Waals surface area contributed by atoms with Crippen molar-refractivity contribution in [2.75, 3.05) is 46.4 Å². The molecule has 0 radical (unpaired) electrons. The van der Waals surface area contributed by atoms with Gasteiger partial charge in [0.05, 0.1) is 7.11 Å². The zero-order valence-electron chi connectivity index (χ0n) is 13.5. The number of benzene rings is 1. The molecule has 5 heteroatoms. The Morgan fingerprint density at radius 2 is 1.95 bits per heavy atom. The summed E-state index contributed by atoms with van der Waals surface area (Å²) < 4.78 is 5.15. The van der Waals surface area contributed by atoms with Crippen molar-refractivity contribution in [1.82, 2.24) is 9.80 Å². The molecule has 5 nitrogen and oxygen atoms in total. The van der Waals surface area contributed by atoms with Crippen LogP contribution in [0.5, 0.6) is 5.75 Å². The van der Waals surface area contributed by atoms with E-state index in [4.69, 9.17) is 10.5 Å². The van der Waals surface area contributed by atoms with E-state index in [9.17, 15) is 4.79 Å². The molecule has 0 unspecified atom stereocenters. The van der Waals surface area contributed by atoms with Crippen LogP contribution in [0.2, 0.25) is 0 Å². The Hall–Kier alpha value is -1.59. The Morgan fingerprint density at radius 1 is 1.18 bits per heavy atom. The van der Waals surface area contributed by atoms with Crippen molar-refractivity contribution in [3.05, 3.63) is 29.8 Å². The topological polar surface area (TPSA) is 58.8 Å². The number of aryl methyl sites for hydroxylation is 1. The van der Waals surface area contributed by atoms with Gasteiger partial charge >= 0.3 is 0 Å². The lowest BCUT2D eigenvalue weighted by atomic mass is 10.1. The Balaban J connectivity index is 1.78. The number of methoxy groups -OCH3 is 1. The lowest BCUT2D eigenvalue weighted by molar-refractivity contribution is -0.131. The maximum atomic E-state index is 12.4. The average Bonchev–Trinajstić information content (AvgIpc) is 2.79. The lowest BCUT2D eigenvalue weighted by Crippen LogP contribution is -2.36. The molecule has 122 valence electrons. The zero-order chi connectivity index (χ0) is 15.8. The van der Waals surface area contributed by atoms with Crippen LogP contribution in [0.4, 0.5) is 0 Å². The van der Waals surface area contributed by atoms with Gasteiger partial charge in [-0.2, -0.15) is 0 Å². The molecule has 0 spiro atoms. The number of nitrogens with two attached hydrogens (primary N) is 1. The van der Waals surface area contributed by atoms with E-state index in [1.54, 1.807) is 7.11 Å². The molecule has 1 fully saturated rings. The molecule has 0 aromatic heterocycles. The molecule has 1 aromatic carbocycles. The summed E-state index contributed by atoms with van der Waals surface area (Å²) in [5.74, 6) is 1.10. The van der Waals surface area contributed by atoms with Crippen molar-refractivity contribution >= 4 is 5.91 Å². The fourth-order valence-electron chi connectivity index (χ4n) is 2.83. The largest absolute Gasteiger partial charge is 0.497 e. The minimum absolute atomic E-state index is 0.255. The highest BCUT2D eigenvalue weighted by Gasteiger charge is 2.18. The molecule has 1 amide bonds. The van der Waals surface area contributed by atoms with Crippen molar-refractivity contribution in [2.45, 2.75) is 19.3 Å². The number of amides is 1. The molecular formula is C17H27N3O2. The molecular weight excluding hydrogens is 278 g/mol. The van der Waals surface area contributed by atoms with Gasteiger partial charge in [0.15, 0.2) is 0 Å². The normalized spacial score (nSPS) is 16.4. The van der Waals surface area contributed by atoms with Gasteiger partial charge in [-0.1, -0.05) is 12.1 Å². The number of rotatable bonds is 6. The van der Waals surface area contributed by atoms with E-state index in [1.807, 2.05) is 29.2 Å². The van der Waals surface area contributed by atoms with E-state index >= 15 is 0 Å². The summed E-state index contributed by atoms with van der Waals surface area (Å²) in [6, 6.07) is 7.93. The Kier molecular flexibility index (Phi) is 6.68. The van der Waals surface area contributed by atoms with E-state index in [-0.39, 0.29) is 5.91 Å². The van der Waals surface area contributed by atoms with Crippen LogP contribution in [-0.4, -0.2) is 62.1 Å². The second-order valence-electron chi connectivity index (χ2n) is 5.71. The highest BCUT2D eigenvalue weighted by Crippen LogP contribution is 2.13. The van der Waals surface area contributed by atoms with Crippen molar-refractivity contribution in [3.63, 3.8) is 0 Å². The fraction of sp³-hybridized carbons (Fsp3) is 0.588. The third-order valence-electron chi connectivity index (χ3n) is 4.17. The van der Waals surface area contributed by atoms with E-state index in [0.29, 0.717) is 13.0 Å². The smallest absolute Gasteiger partial charge is 0.222 e. The predicted octanol–water partition coefficient (Wildman–Crippen LogP) is 1.12. The first-order valence-corrected chi connectivity index (χ1v) is 8.06. The Bertz CT molecular complexity index is 461. The van der Waals surface area contributed by atoms with Gasteiger partial charge < -0.3 is 20.3 Å². The fourth-order valence-corrected chi connectivity index (χ4v) is 2.83. The zero-order valence-corrected chi connectivity index (χ0v) is 13.5. The standard InChI is InChI=1S/C17H27N3O2/c1-22-16-6-3-15(4-7-16)5-8-17(21)20-11-2-10-19(12-9-18)13-14-20/h3-4,6-7H,2,5,8-14,18H2,1H3. The lowest BCUT2D eigenvalue weighted by Gasteiger charge is -2.21. The van der Waals surface area contributed by atoms with Crippen molar-refractivity contribution in [3.8, 4) is 5.75 Å². The molecule has 1 saturated heterocycles. The summed E-state index contributed by atoms with van der Waals surface area (Å²) in [4.78, 5) is 16.7. The van der Waals surface area contributed by atoms with Crippen LogP contribution in [-0.2, 0) is 11.2 Å². The van der Waals surface area contributed by atoms with Crippen molar-refractivity contribution in [2.24, 2.45) is 5.73 Å². The summed E-state index contributed by atoms with van der Waals surface area (Å²) in [6.45, 7) is 5.27. The number of carbonyl (C=O) groups is 1. The van der Waals surface area contributed by atoms with Gasteiger partial charge in [-0.15, -0.1) is 0 Å². The number of nitrogens with zero attached hydrogens (tertiary/aromatic N) is 2. The molecule has 0 bridgehead atoms. The maximum absolute atomic E-state index is 12.4. The molecule has 2 rings (SSSR count). The third-order valence-corrected chi connectivity index (χ3v) is 4.17. The molecule has 0 atom stereocenters. The first kappa shape index (κ1) is 16.8. The van der Waals surface area contributed by atoms with Crippen LogP contribution in [0.15, 0.2) is 24.3 Å². The van der Waals surface area contributed by atoms with Crippen LogP contribution in [0.3, 0.4) is 0 Å². The van der Waals surface area contributed by atoms with E-state index in [1.165, 1.54) is 5.56 Å². The van der Waals surface area contributed by atoms with Gasteiger partial charge in [0.2, 0.25) is 5.91 Å². The highest BCUT2D eigenvalue weighted by atomic mass is 16.5. The van der Waals surface area contributed by atoms with Crippen molar-refractivity contribution in [1.29, 1.82) is 0 Å². The summed E-state index contributed by atoms with van der Waals surface area (Å²) in [5, 5.41) is 0. The highest BCUT2D eigenvalue weighted by molar-refractivity contribution is 5.76. The predicted molar refractivity (Wildman–Crippen MR) is 88.0 cm³/mol. The monoisotopic (exact) mass is 305 g/mol. The maximum Gasteiger partial charge on any atom is 0.222 e. The summed E-state index contributed by atoms with van der Waals surface area (Å²) in [6.07, 6.45) is 2.39. The quantitative estimate of drug-likeness (QED) is 0.856. The number of hydrogen-bond acceptors (Lipinski definition) is 4. The van der Waals surface area contributed by atoms with Crippen molar-refractivity contribution < 1.29 is 9.53 Å². The molecule has 1 aromatic rings. The minimum Gasteiger partial charge on any atom is -0.497 e. The second kappa shape index (κ2) is 8.76. The second-order valence-corrected chi connectivity index (χ2v) is 5.71. The number of hydrogen-bond donors (Lipinski definition) is 1. The summed E-state index contributed by atoms with van der Waals surface area (Å²) in [7, 11) is 1.66. The first-order valence-electron chi connectivity index (χ1n) is 8.06. The van der Waals surface area contributed by atoms with Crippen LogP contribution in [0.1, 0.15) is 18.4 Å². The minimum atomic E-state index is 0.255. The summed E-state index contributed by atoms with van der Waals surface area (Å²) in [5.41, 5.74) is 6.78. The Morgan fingerprint density at radius 3 is 2.64 bits per heavy atom. The van der Waals surface area contributed by atoms with Gasteiger partial charge in [0.25, 0.3) is 0 Å². The van der Waals surface area contributed by atoms with E-state index in [2.05, 4.69) is 4.90 Å². The Labute approximate surface area is 133 Å². The van der Waals surface area contributed by atoms with Crippen LogP contribution >= 0.6 is 0 Å². The molecule has 2 N–H and O–H groups in total. The first-order chi connectivity index (χ1) is 10.7. The van der Waals surface area contributed by atoms with Crippen LogP contribution in [0.25, 0.3) is 0 Å². The molecule has 1 heterocycles.